The first kappa shape index (κ1) is 22.9. The van der Waals surface area contributed by atoms with E-state index in [4.69, 9.17) is 5.10 Å². The number of hydrogen-bond acceptors (Lipinski definition) is 1. The molecule has 0 amide bonds. The second-order valence-corrected chi connectivity index (χ2v) is 11.4. The topological polar surface area (TPSA) is 20.1 Å². The summed E-state index contributed by atoms with van der Waals surface area (Å²) in [4.78, 5) is 0. The number of rotatable bonds is 3. The molecule has 188 valence electrons. The van der Waals surface area contributed by atoms with Gasteiger partial charge in [-0.3, -0.25) is 0 Å². The van der Waals surface area contributed by atoms with Gasteiger partial charge in [0.15, 0.2) is 42.8 Å². The molecule has 4 aliphatic rings. The van der Waals surface area contributed by atoms with Crippen molar-refractivity contribution in [2.24, 2.45) is 5.10 Å². The van der Waals surface area contributed by atoms with Crippen LogP contribution >= 0.6 is 0 Å². The molecule has 1 aromatic carbocycles. The summed E-state index contributed by atoms with van der Waals surface area (Å²) in [5.74, 6) is -0.666. The molecule has 0 aliphatic carbocycles. The molecule has 0 radical (unpaired) electrons. The maximum Gasteiger partial charge on any atom is 0.216 e. The Morgan fingerprint density at radius 2 is 1.86 bits per heavy atom. The fourth-order valence-electron chi connectivity index (χ4n) is 7.70. The van der Waals surface area contributed by atoms with E-state index in [1.165, 1.54) is 11.3 Å². The van der Waals surface area contributed by atoms with Gasteiger partial charge in [0.05, 0.1) is 22.8 Å². The van der Waals surface area contributed by atoms with E-state index in [1.54, 1.807) is 6.07 Å². The van der Waals surface area contributed by atoms with Crippen molar-refractivity contribution in [3.63, 3.8) is 0 Å². The Morgan fingerprint density at radius 1 is 1.05 bits per heavy atom. The van der Waals surface area contributed by atoms with E-state index in [0.717, 1.165) is 54.4 Å². The first-order chi connectivity index (χ1) is 17.9. The standard InChI is InChI=1S/C31H33F2N4/c1-4-30(3)24-14-23(32)15-25(33)29(24)27-11-7-9-13-36(27)31(30,5-2)16-21-18-35-12-8-6-10-26(35)22-17-34-37(19-22)20-28(21)37/h6-17,22,28H,4-5,18-20H2,1-3H3/q+3. The normalized spacial score (nSPS) is 33.7. The average Bonchev–Trinajstić information content (AvgIpc) is 3.41. The maximum absolute atomic E-state index is 15.4. The Kier molecular flexibility index (Phi) is 4.73. The van der Waals surface area contributed by atoms with Crippen LogP contribution in [-0.2, 0) is 17.5 Å². The Labute approximate surface area is 216 Å². The minimum Gasteiger partial charge on any atom is -0.207 e. The number of aromatic nitrogens is 2. The second kappa shape index (κ2) is 7.64. The van der Waals surface area contributed by atoms with Crippen LogP contribution in [0.15, 0.2) is 77.7 Å². The van der Waals surface area contributed by atoms with Crippen molar-refractivity contribution in [3.05, 3.63) is 95.5 Å². The minimum atomic E-state index is -0.519. The molecule has 1 spiro atoms. The lowest BCUT2D eigenvalue weighted by atomic mass is 9.59. The van der Waals surface area contributed by atoms with Crippen LogP contribution < -0.4 is 9.13 Å². The summed E-state index contributed by atoms with van der Waals surface area (Å²) < 4.78 is 35.6. The summed E-state index contributed by atoms with van der Waals surface area (Å²) in [6.07, 6.45) is 10.4. The fraction of sp³-hybridized carbons (Fsp3) is 0.387. The Balaban J connectivity index is 1.50. The van der Waals surface area contributed by atoms with Crippen molar-refractivity contribution in [1.82, 2.24) is 0 Å². The second-order valence-electron chi connectivity index (χ2n) is 11.4. The zero-order chi connectivity index (χ0) is 25.6. The summed E-state index contributed by atoms with van der Waals surface area (Å²) in [6.45, 7) is 9.36. The van der Waals surface area contributed by atoms with Gasteiger partial charge >= 0.3 is 0 Å². The molecule has 4 nitrogen and oxygen atoms in total. The van der Waals surface area contributed by atoms with Gasteiger partial charge < -0.3 is 0 Å². The molecule has 6 heterocycles. The molecule has 0 saturated carbocycles. The Bertz CT molecular complexity index is 1510. The van der Waals surface area contributed by atoms with Crippen LogP contribution in [0.5, 0.6) is 0 Å². The monoisotopic (exact) mass is 499 g/mol. The highest BCUT2D eigenvalue weighted by Crippen LogP contribution is 2.53. The van der Waals surface area contributed by atoms with E-state index in [9.17, 15) is 4.39 Å². The van der Waals surface area contributed by atoms with Crippen molar-refractivity contribution < 1.29 is 22.5 Å². The summed E-state index contributed by atoms with van der Waals surface area (Å²) in [5.41, 5.74) is 3.73. The third-order valence-electron chi connectivity index (χ3n) is 9.88. The molecule has 5 unspecified atom stereocenters. The van der Waals surface area contributed by atoms with Crippen molar-refractivity contribution in [3.8, 4) is 11.3 Å². The van der Waals surface area contributed by atoms with Crippen LogP contribution in [0.2, 0.25) is 0 Å². The van der Waals surface area contributed by atoms with Gasteiger partial charge in [0.25, 0.3) is 0 Å². The molecule has 37 heavy (non-hydrogen) atoms. The average molecular weight is 500 g/mol. The fourth-order valence-corrected chi connectivity index (χ4v) is 7.70. The largest absolute Gasteiger partial charge is 0.216 e. The molecular formula is C31H33F2N4+3. The van der Waals surface area contributed by atoms with Crippen LogP contribution in [0.1, 0.15) is 50.8 Å². The zero-order valence-corrected chi connectivity index (χ0v) is 21.7. The summed E-state index contributed by atoms with van der Waals surface area (Å²) in [5, 5.41) is 5.03. The van der Waals surface area contributed by atoms with Crippen LogP contribution in [0.4, 0.5) is 8.78 Å². The molecule has 0 N–H and O–H groups in total. The molecule has 5 atom stereocenters. The quantitative estimate of drug-likeness (QED) is 0.211. The van der Waals surface area contributed by atoms with Gasteiger partial charge in [-0.2, -0.15) is 13.7 Å². The van der Waals surface area contributed by atoms with Crippen LogP contribution in [0.25, 0.3) is 11.3 Å². The number of fused-ring (bicyclic) bond motifs is 6. The Hall–Kier alpha value is -3.25. The molecule has 2 bridgehead atoms. The molecule has 1 saturated heterocycles. The predicted octanol–water partition coefficient (Wildman–Crippen LogP) is 4.92. The Morgan fingerprint density at radius 3 is 2.68 bits per heavy atom. The molecule has 7 rings (SSSR count). The number of hydrogen-bond donors (Lipinski definition) is 0. The van der Waals surface area contributed by atoms with Crippen molar-refractivity contribution in [2.45, 2.75) is 63.1 Å². The molecule has 1 fully saturated rings. The van der Waals surface area contributed by atoms with Crippen LogP contribution in [0, 0.1) is 11.6 Å². The predicted molar refractivity (Wildman–Crippen MR) is 138 cm³/mol. The smallest absolute Gasteiger partial charge is 0.207 e. The minimum absolute atomic E-state index is 0.338. The highest BCUT2D eigenvalue weighted by atomic mass is 19.1. The van der Waals surface area contributed by atoms with Crippen LogP contribution in [-0.4, -0.2) is 29.9 Å². The van der Waals surface area contributed by atoms with Crippen molar-refractivity contribution >= 4 is 6.21 Å². The molecule has 3 aromatic rings. The SMILES string of the molecule is CCC1(C)c2cc(F)cc(F)c2-c2cccc[n+]2C1(C=C1C[n+]2ccccc2C2C=N[N+]3(C2)CC13)CC. The lowest BCUT2D eigenvalue weighted by Gasteiger charge is -2.46. The first-order valence-corrected chi connectivity index (χ1v) is 13.5. The first-order valence-electron chi connectivity index (χ1n) is 13.5. The lowest BCUT2D eigenvalue weighted by Crippen LogP contribution is -2.68. The number of benzene rings is 1. The van der Waals surface area contributed by atoms with E-state index in [-0.39, 0.29) is 0 Å². The van der Waals surface area contributed by atoms with Gasteiger partial charge in [0.2, 0.25) is 5.69 Å². The summed E-state index contributed by atoms with van der Waals surface area (Å²) >= 11 is 0. The van der Waals surface area contributed by atoms with E-state index in [0.29, 0.717) is 17.5 Å². The molecular weight excluding hydrogens is 466 g/mol. The molecule has 6 heteroatoms. The van der Waals surface area contributed by atoms with Gasteiger partial charge in [0, 0.05) is 36.8 Å². The number of pyridine rings is 2. The van der Waals surface area contributed by atoms with E-state index >= 15 is 4.39 Å². The highest BCUT2D eigenvalue weighted by molar-refractivity contribution is 5.68. The van der Waals surface area contributed by atoms with Gasteiger partial charge in [-0.15, -0.1) is 0 Å². The third kappa shape index (κ3) is 2.93. The van der Waals surface area contributed by atoms with Gasteiger partial charge in [-0.05, 0) is 37.1 Å². The third-order valence-corrected chi connectivity index (χ3v) is 9.88. The van der Waals surface area contributed by atoms with E-state index < -0.39 is 22.6 Å². The van der Waals surface area contributed by atoms with Crippen molar-refractivity contribution in [2.75, 3.05) is 13.1 Å². The zero-order valence-electron chi connectivity index (χ0n) is 21.7. The number of quaternary nitrogens is 1. The summed E-state index contributed by atoms with van der Waals surface area (Å²) in [7, 11) is 0. The van der Waals surface area contributed by atoms with E-state index in [1.807, 2.05) is 18.2 Å². The van der Waals surface area contributed by atoms with Gasteiger partial charge in [-0.1, -0.05) is 25.0 Å². The van der Waals surface area contributed by atoms with Crippen molar-refractivity contribution in [1.29, 1.82) is 0 Å². The molecule has 2 aromatic heterocycles. The van der Waals surface area contributed by atoms with Gasteiger partial charge in [-0.25, -0.2) is 8.78 Å². The van der Waals surface area contributed by atoms with E-state index in [2.05, 4.69) is 72.8 Å². The lowest BCUT2D eigenvalue weighted by molar-refractivity contribution is -0.818. The highest BCUT2D eigenvalue weighted by Gasteiger charge is 2.66. The maximum atomic E-state index is 15.4. The number of nitrogens with zero attached hydrogens (tertiary/aromatic N) is 4. The summed E-state index contributed by atoms with van der Waals surface area (Å²) in [6, 6.07) is 15.3. The number of halogens is 2. The molecule has 4 aliphatic heterocycles. The van der Waals surface area contributed by atoms with Gasteiger partial charge in [0.1, 0.15) is 24.1 Å². The van der Waals surface area contributed by atoms with Crippen LogP contribution in [0.3, 0.4) is 0 Å². The number of allylic oxidation sites excluding steroid dienone is 1.